The van der Waals surface area contributed by atoms with E-state index in [-0.39, 0.29) is 19.0 Å². The van der Waals surface area contributed by atoms with Gasteiger partial charge in [-0.15, -0.1) is 0 Å². The Bertz CT molecular complexity index is 544. The molecular formula is C10H12ClN3O3S. The number of carbonyl (C=O) groups is 1. The number of amides is 1. The molecule has 98 valence electrons. The minimum atomic E-state index is -3.70. The fraction of sp³-hybridized carbons (Fsp3) is 0.300. The van der Waals surface area contributed by atoms with Crippen molar-refractivity contribution in [2.75, 3.05) is 24.4 Å². The molecule has 0 unspecified atom stereocenters. The second-order valence-electron chi connectivity index (χ2n) is 3.80. The van der Waals surface area contributed by atoms with Crippen molar-refractivity contribution in [3.63, 3.8) is 0 Å². The summed E-state index contributed by atoms with van der Waals surface area (Å²) < 4.78 is 27.5. The normalized spacial score (nSPS) is 17.3. The maximum Gasteiger partial charge on any atom is 0.302 e. The van der Waals surface area contributed by atoms with Crippen LogP contribution in [-0.2, 0) is 15.0 Å². The third-order valence-electron chi connectivity index (χ3n) is 2.43. The molecule has 1 saturated heterocycles. The summed E-state index contributed by atoms with van der Waals surface area (Å²) in [5.74, 6) is -0.303. The van der Waals surface area contributed by atoms with Gasteiger partial charge in [0, 0.05) is 23.8 Å². The molecule has 0 saturated carbocycles. The van der Waals surface area contributed by atoms with Crippen molar-refractivity contribution in [1.29, 1.82) is 0 Å². The third-order valence-corrected chi connectivity index (χ3v) is 4.17. The highest BCUT2D eigenvalue weighted by Crippen LogP contribution is 2.16. The smallest absolute Gasteiger partial charge is 0.302 e. The molecule has 0 radical (unpaired) electrons. The summed E-state index contributed by atoms with van der Waals surface area (Å²) in [4.78, 5) is 11.2. The molecule has 0 bridgehead atoms. The van der Waals surface area contributed by atoms with Crippen molar-refractivity contribution in [3.8, 4) is 0 Å². The van der Waals surface area contributed by atoms with Crippen molar-refractivity contribution in [2.45, 2.75) is 0 Å². The Balaban J connectivity index is 2.11. The average molecular weight is 290 g/mol. The summed E-state index contributed by atoms with van der Waals surface area (Å²) in [5, 5.41) is 3.09. The van der Waals surface area contributed by atoms with Crippen LogP contribution in [0, 0.1) is 0 Å². The van der Waals surface area contributed by atoms with Crippen LogP contribution in [0.2, 0.25) is 5.02 Å². The first-order valence-corrected chi connectivity index (χ1v) is 7.09. The van der Waals surface area contributed by atoms with Crippen molar-refractivity contribution >= 4 is 33.4 Å². The molecule has 1 aliphatic rings. The Kier molecular flexibility index (Phi) is 3.74. The lowest BCUT2D eigenvalue weighted by atomic mass is 10.3. The van der Waals surface area contributed by atoms with Crippen LogP contribution < -0.4 is 10.0 Å². The first-order chi connectivity index (χ1) is 8.47. The largest absolute Gasteiger partial charge is 0.354 e. The van der Waals surface area contributed by atoms with Gasteiger partial charge in [-0.25, -0.2) is 0 Å². The van der Waals surface area contributed by atoms with Crippen LogP contribution in [0.4, 0.5) is 5.69 Å². The molecule has 0 spiro atoms. The third kappa shape index (κ3) is 3.12. The van der Waals surface area contributed by atoms with Crippen molar-refractivity contribution in [2.24, 2.45) is 0 Å². The molecule has 2 rings (SSSR count). The highest BCUT2D eigenvalue weighted by molar-refractivity contribution is 7.90. The number of nitrogens with zero attached hydrogens (tertiary/aromatic N) is 1. The lowest BCUT2D eigenvalue weighted by Crippen LogP contribution is -2.51. The Morgan fingerprint density at radius 1 is 1.28 bits per heavy atom. The highest BCUT2D eigenvalue weighted by atomic mass is 35.5. The SMILES string of the molecule is O=C1CN(S(=O)(=O)Nc2ccc(Cl)cc2)CCN1. The van der Waals surface area contributed by atoms with Gasteiger partial charge in [0.25, 0.3) is 0 Å². The summed E-state index contributed by atoms with van der Waals surface area (Å²) >= 11 is 5.71. The molecule has 6 nitrogen and oxygen atoms in total. The maximum atomic E-state index is 12.0. The van der Waals surface area contributed by atoms with Crippen LogP contribution in [-0.4, -0.2) is 38.3 Å². The molecule has 0 atom stereocenters. The van der Waals surface area contributed by atoms with Crippen LogP contribution in [0.5, 0.6) is 0 Å². The minimum absolute atomic E-state index is 0.164. The van der Waals surface area contributed by atoms with Gasteiger partial charge in [-0.1, -0.05) is 11.6 Å². The second-order valence-corrected chi connectivity index (χ2v) is 5.90. The number of halogens is 1. The fourth-order valence-electron chi connectivity index (χ4n) is 1.55. The Morgan fingerprint density at radius 3 is 2.56 bits per heavy atom. The Labute approximate surface area is 110 Å². The standard InChI is InChI=1S/C10H12ClN3O3S/c11-8-1-3-9(4-2-8)13-18(16,17)14-6-5-12-10(15)7-14/h1-4,13H,5-7H2,(H,12,15). The summed E-state index contributed by atoms with van der Waals surface area (Å²) in [6.45, 7) is 0.415. The Hall–Kier alpha value is -1.31. The molecule has 1 amide bonds. The highest BCUT2D eigenvalue weighted by Gasteiger charge is 2.27. The predicted molar refractivity (Wildman–Crippen MR) is 68.6 cm³/mol. The van der Waals surface area contributed by atoms with E-state index >= 15 is 0 Å². The van der Waals surface area contributed by atoms with E-state index in [0.717, 1.165) is 4.31 Å². The van der Waals surface area contributed by atoms with Gasteiger partial charge in [0.2, 0.25) is 5.91 Å². The van der Waals surface area contributed by atoms with Gasteiger partial charge in [-0.05, 0) is 24.3 Å². The van der Waals surface area contributed by atoms with E-state index in [4.69, 9.17) is 11.6 Å². The van der Waals surface area contributed by atoms with Gasteiger partial charge in [0.05, 0.1) is 6.54 Å². The van der Waals surface area contributed by atoms with Crippen LogP contribution >= 0.6 is 11.6 Å². The number of hydrogen-bond donors (Lipinski definition) is 2. The second kappa shape index (κ2) is 5.13. The van der Waals surface area contributed by atoms with Gasteiger partial charge < -0.3 is 5.32 Å². The van der Waals surface area contributed by atoms with Crippen LogP contribution in [0.1, 0.15) is 0 Å². The van der Waals surface area contributed by atoms with Crippen molar-refractivity contribution < 1.29 is 13.2 Å². The molecule has 1 aromatic rings. The number of nitrogens with one attached hydrogen (secondary N) is 2. The molecule has 2 N–H and O–H groups in total. The average Bonchev–Trinajstić information content (AvgIpc) is 2.32. The Morgan fingerprint density at radius 2 is 1.94 bits per heavy atom. The molecule has 0 aliphatic carbocycles. The van der Waals surface area contributed by atoms with Crippen molar-refractivity contribution in [1.82, 2.24) is 9.62 Å². The molecule has 8 heteroatoms. The lowest BCUT2D eigenvalue weighted by molar-refractivity contribution is -0.122. The number of rotatable bonds is 3. The molecule has 18 heavy (non-hydrogen) atoms. The van der Waals surface area contributed by atoms with Gasteiger partial charge in [-0.2, -0.15) is 12.7 Å². The monoisotopic (exact) mass is 289 g/mol. The van der Waals surface area contributed by atoms with E-state index in [1.54, 1.807) is 24.3 Å². The van der Waals surface area contributed by atoms with Crippen LogP contribution in [0.3, 0.4) is 0 Å². The number of benzene rings is 1. The zero-order valence-electron chi connectivity index (χ0n) is 9.39. The van der Waals surface area contributed by atoms with E-state index < -0.39 is 10.2 Å². The van der Waals surface area contributed by atoms with Gasteiger partial charge in [0.1, 0.15) is 0 Å². The molecular weight excluding hydrogens is 278 g/mol. The fourth-order valence-corrected chi connectivity index (χ4v) is 2.86. The van der Waals surface area contributed by atoms with E-state index in [1.165, 1.54) is 0 Å². The lowest BCUT2D eigenvalue weighted by Gasteiger charge is -2.26. The van der Waals surface area contributed by atoms with Crippen LogP contribution in [0.25, 0.3) is 0 Å². The first-order valence-electron chi connectivity index (χ1n) is 5.27. The maximum absolute atomic E-state index is 12.0. The van der Waals surface area contributed by atoms with Gasteiger partial charge in [0.15, 0.2) is 0 Å². The van der Waals surface area contributed by atoms with Gasteiger partial charge in [-0.3, -0.25) is 9.52 Å². The van der Waals surface area contributed by atoms with E-state index in [0.29, 0.717) is 17.3 Å². The number of piperazine rings is 1. The van der Waals surface area contributed by atoms with E-state index in [9.17, 15) is 13.2 Å². The van der Waals surface area contributed by atoms with E-state index in [1.807, 2.05) is 0 Å². The topological polar surface area (TPSA) is 78.5 Å². The zero-order valence-corrected chi connectivity index (χ0v) is 11.0. The molecule has 1 aliphatic heterocycles. The minimum Gasteiger partial charge on any atom is -0.354 e. The number of anilines is 1. The molecule has 1 aromatic carbocycles. The summed E-state index contributed by atoms with van der Waals surface area (Å²) in [6, 6.07) is 6.29. The summed E-state index contributed by atoms with van der Waals surface area (Å²) in [6.07, 6.45) is 0. The first kappa shape index (κ1) is 13.1. The predicted octanol–water partition coefficient (Wildman–Crippen LogP) is 0.428. The quantitative estimate of drug-likeness (QED) is 0.847. The number of hydrogen-bond acceptors (Lipinski definition) is 3. The number of carbonyl (C=O) groups excluding carboxylic acids is 1. The zero-order chi connectivity index (χ0) is 13.2. The van der Waals surface area contributed by atoms with E-state index in [2.05, 4.69) is 10.0 Å². The summed E-state index contributed by atoms with van der Waals surface area (Å²) in [7, 11) is -3.70. The molecule has 1 fully saturated rings. The van der Waals surface area contributed by atoms with Gasteiger partial charge >= 0.3 is 10.2 Å². The van der Waals surface area contributed by atoms with Crippen LogP contribution in [0.15, 0.2) is 24.3 Å². The molecule has 1 heterocycles. The van der Waals surface area contributed by atoms with Crippen molar-refractivity contribution in [3.05, 3.63) is 29.3 Å². The summed E-state index contributed by atoms with van der Waals surface area (Å²) in [5.41, 5.74) is 0.408. The molecule has 0 aromatic heterocycles.